The van der Waals surface area contributed by atoms with E-state index in [0.29, 0.717) is 11.1 Å². The van der Waals surface area contributed by atoms with Crippen molar-refractivity contribution in [3.05, 3.63) is 145 Å². The fraction of sp³-hybridized carbons (Fsp3) is 0.424. The number of carbonyl (C=O) groups excluding carboxylic acids is 6. The second-order valence-electron chi connectivity index (χ2n) is 19.9. The Morgan fingerprint density at radius 3 is 1.40 bits per heavy atom. The average Bonchev–Trinajstić information content (AvgIpc) is 3.69. The van der Waals surface area contributed by atoms with Gasteiger partial charge in [-0.05, 0) is 123 Å². The molecule has 2 saturated heterocycles. The van der Waals surface area contributed by atoms with Crippen LogP contribution in [0.1, 0.15) is 106 Å². The van der Waals surface area contributed by atoms with Gasteiger partial charge in [-0.3, -0.25) is 24.0 Å². The number of ether oxygens (including phenoxy) is 3. The number of hydrogen-bond donors (Lipinski definition) is 3. The Bertz CT molecular complexity index is 2670. The first-order valence-electron chi connectivity index (χ1n) is 24.6. The standard InChI is InChI=1S/C29H30O6.C16H22O5.C13H9ClO.CH4/c1-28-23(24(30)18-29(28,27(33)35-28)25(31)21-10-6-3-7-11-21)16-17-34-26(32)22-14-12-20(13-15-22)19-8-4-2-5-9-19;1-15-11(7-8-17)12(18)9-16(15,14(20)21-15)13(19)10-5-3-2-4-6-10;14-13(15)12-8-6-11(7-9-12)10-4-2-1-3-5-10;/h2,4-6,8-10,12-15,21,23,25,31H,3,7,11,16-18H2,1H3;3,5,10-11,13,17,19H,2,4,6-9H2,1H3;1-9H;1H4/t21-,23+,25+,28+,29-;10-,11+,13+,15+,16-;;/m11../s1. The van der Waals surface area contributed by atoms with E-state index in [2.05, 4.69) is 0 Å². The number of fused-ring (bicyclic) bond motifs is 2. The number of rotatable bonds is 13. The van der Waals surface area contributed by atoms with Gasteiger partial charge in [0, 0.05) is 36.8 Å². The molecule has 10 rings (SSSR count). The largest absolute Gasteiger partial charge is 0.462 e. The molecule has 4 aromatic carbocycles. The zero-order valence-electron chi connectivity index (χ0n) is 40.0. The molecule has 2 heterocycles. The van der Waals surface area contributed by atoms with Gasteiger partial charge in [0.1, 0.15) is 33.6 Å². The summed E-state index contributed by atoms with van der Waals surface area (Å²) in [6.07, 6.45) is 12.1. The number of aliphatic hydroxyl groups excluding tert-OH is 3. The van der Waals surface area contributed by atoms with E-state index in [9.17, 15) is 39.0 Å². The van der Waals surface area contributed by atoms with E-state index in [4.69, 9.17) is 30.9 Å². The predicted octanol–water partition coefficient (Wildman–Crippen LogP) is 9.85. The highest BCUT2D eigenvalue weighted by Crippen LogP contribution is 2.64. The zero-order valence-corrected chi connectivity index (χ0v) is 40.8. The fourth-order valence-electron chi connectivity index (χ4n) is 11.9. The Hall–Kier alpha value is -6.05. The lowest BCUT2D eigenvalue weighted by atomic mass is 9.60. The van der Waals surface area contributed by atoms with Crippen molar-refractivity contribution >= 4 is 46.3 Å². The fourth-order valence-corrected chi connectivity index (χ4v) is 12.0. The Balaban J connectivity index is 0.000000174. The number of Topliss-reactive ketones (excluding diaryl/α,β-unsaturated/α-hetero) is 2. The normalized spacial score (nSPS) is 29.4. The lowest BCUT2D eigenvalue weighted by molar-refractivity contribution is -0.264. The van der Waals surface area contributed by atoms with Crippen LogP contribution in [0.3, 0.4) is 0 Å². The third kappa shape index (κ3) is 9.78. The molecule has 4 aromatic rings. The van der Waals surface area contributed by atoms with Gasteiger partial charge in [0.05, 0.1) is 36.2 Å². The Morgan fingerprint density at radius 1 is 0.625 bits per heavy atom. The molecule has 4 fully saturated rings. The second-order valence-corrected chi connectivity index (χ2v) is 20.2. The van der Waals surface area contributed by atoms with E-state index >= 15 is 0 Å². The molecule has 0 bridgehead atoms. The van der Waals surface area contributed by atoms with E-state index in [1.54, 1.807) is 38.1 Å². The maximum Gasteiger partial charge on any atom is 0.338 e. The Kier molecular flexibility index (Phi) is 16.7. The van der Waals surface area contributed by atoms with E-state index in [1.807, 2.05) is 109 Å². The second kappa shape index (κ2) is 22.4. The van der Waals surface area contributed by atoms with E-state index in [1.165, 1.54) is 0 Å². The molecule has 72 heavy (non-hydrogen) atoms. The van der Waals surface area contributed by atoms with Crippen molar-refractivity contribution in [2.24, 2.45) is 34.5 Å². The molecule has 10 atom stereocenters. The van der Waals surface area contributed by atoms with E-state index in [0.717, 1.165) is 60.8 Å². The molecule has 13 heteroatoms. The minimum atomic E-state index is -1.22. The maximum atomic E-state index is 13.0. The minimum absolute atomic E-state index is 0. The molecule has 0 unspecified atom stereocenters. The summed E-state index contributed by atoms with van der Waals surface area (Å²) in [7, 11) is 0. The molecule has 4 aliphatic carbocycles. The smallest absolute Gasteiger partial charge is 0.338 e. The van der Waals surface area contributed by atoms with Crippen molar-refractivity contribution in [3.63, 3.8) is 0 Å². The number of allylic oxidation sites excluding steroid dienone is 2. The van der Waals surface area contributed by atoms with E-state index < -0.39 is 69.2 Å². The molecule has 2 aliphatic heterocycles. The van der Waals surface area contributed by atoms with Crippen LogP contribution in [0.4, 0.5) is 0 Å². The van der Waals surface area contributed by atoms with Gasteiger partial charge >= 0.3 is 17.9 Å². The molecule has 380 valence electrons. The summed E-state index contributed by atoms with van der Waals surface area (Å²) >= 11 is 5.36. The summed E-state index contributed by atoms with van der Waals surface area (Å²) in [5.74, 6) is -3.05. The first kappa shape index (κ1) is 53.7. The van der Waals surface area contributed by atoms with Crippen LogP contribution in [0.5, 0.6) is 0 Å². The van der Waals surface area contributed by atoms with Gasteiger partial charge in [0.15, 0.2) is 0 Å². The highest BCUT2D eigenvalue weighted by molar-refractivity contribution is 6.67. The molecular formula is C59H65ClO12. The summed E-state index contributed by atoms with van der Waals surface area (Å²) in [5, 5.41) is 30.8. The van der Waals surface area contributed by atoms with Crippen molar-refractivity contribution in [3.8, 4) is 22.3 Å². The highest BCUT2D eigenvalue weighted by Gasteiger charge is 2.79. The molecule has 0 amide bonds. The molecule has 6 aliphatic rings. The summed E-state index contributed by atoms with van der Waals surface area (Å²) in [4.78, 5) is 73.6. The zero-order chi connectivity index (χ0) is 50.6. The van der Waals surface area contributed by atoms with E-state index in [-0.39, 0.29) is 69.7 Å². The SMILES string of the molecule is C.C[C@@]12OC(=O)[C@]1([C@@H](O)[C@@H]1C=CCCC1)CC(=O)[C@@H]2CCO.C[C@@]12OC(=O)[C@]1([C@@H](O)[C@@H]1C=CCCC1)CC(=O)[C@@H]2CCOC(=O)c1ccc(-c2ccccc2)cc1.O=C(Cl)c1ccc(-c2ccccc2)cc1. The summed E-state index contributed by atoms with van der Waals surface area (Å²) in [6, 6.07) is 34.3. The van der Waals surface area contributed by atoms with Gasteiger partial charge in [-0.2, -0.15) is 0 Å². The third-order valence-corrected chi connectivity index (χ3v) is 16.2. The Morgan fingerprint density at radius 2 is 1.03 bits per heavy atom. The summed E-state index contributed by atoms with van der Waals surface area (Å²) in [6.45, 7) is 3.37. The lowest BCUT2D eigenvalue weighted by Crippen LogP contribution is -2.70. The van der Waals surface area contributed by atoms with Crippen LogP contribution in [0.15, 0.2) is 133 Å². The number of carbonyl (C=O) groups is 6. The van der Waals surface area contributed by atoms with Crippen LogP contribution in [-0.2, 0) is 33.4 Å². The molecule has 3 N–H and O–H groups in total. The topological polar surface area (TPSA) is 191 Å². The number of ketones is 2. The summed E-state index contributed by atoms with van der Waals surface area (Å²) < 4.78 is 16.4. The number of benzene rings is 4. The average molecular weight is 1000 g/mol. The highest BCUT2D eigenvalue weighted by atomic mass is 35.5. The van der Waals surface area contributed by atoms with Gasteiger partial charge in [-0.15, -0.1) is 0 Å². The maximum absolute atomic E-state index is 13.0. The summed E-state index contributed by atoms with van der Waals surface area (Å²) in [5.41, 5.74) is 0.807. The number of aliphatic hydroxyl groups is 3. The molecule has 0 spiro atoms. The molecule has 0 aromatic heterocycles. The van der Waals surface area contributed by atoms with Gasteiger partial charge < -0.3 is 29.5 Å². The molecule has 0 radical (unpaired) electrons. The van der Waals surface area contributed by atoms with Gasteiger partial charge in [-0.1, -0.05) is 117 Å². The van der Waals surface area contributed by atoms with Crippen LogP contribution in [-0.4, -0.2) is 86.7 Å². The monoisotopic (exact) mass is 1000 g/mol. The first-order valence-corrected chi connectivity index (χ1v) is 25.0. The minimum Gasteiger partial charge on any atom is -0.462 e. The predicted molar refractivity (Wildman–Crippen MR) is 272 cm³/mol. The molecule has 2 saturated carbocycles. The Labute approximate surface area is 426 Å². The number of halogens is 1. The number of hydrogen-bond acceptors (Lipinski definition) is 12. The lowest BCUT2D eigenvalue weighted by Gasteiger charge is -2.55. The van der Waals surface area contributed by atoms with Gasteiger partial charge in [0.2, 0.25) is 0 Å². The first-order chi connectivity index (χ1) is 34.1. The van der Waals surface area contributed by atoms with Crippen molar-refractivity contribution in [2.75, 3.05) is 13.2 Å². The quantitative estimate of drug-likeness (QED) is 0.0498. The van der Waals surface area contributed by atoms with Crippen molar-refractivity contribution < 1.29 is 58.3 Å². The van der Waals surface area contributed by atoms with Crippen LogP contribution in [0, 0.1) is 34.5 Å². The molecular weight excluding hydrogens is 936 g/mol. The van der Waals surface area contributed by atoms with Crippen LogP contribution >= 0.6 is 11.6 Å². The van der Waals surface area contributed by atoms with Crippen LogP contribution in [0.25, 0.3) is 22.3 Å². The third-order valence-electron chi connectivity index (χ3n) is 16.0. The van der Waals surface area contributed by atoms with Crippen molar-refractivity contribution in [1.29, 1.82) is 0 Å². The van der Waals surface area contributed by atoms with Crippen molar-refractivity contribution in [1.82, 2.24) is 0 Å². The van der Waals surface area contributed by atoms with Gasteiger partial charge in [-0.25, -0.2) is 4.79 Å². The van der Waals surface area contributed by atoms with Crippen molar-refractivity contribution in [2.45, 2.75) is 109 Å². The van der Waals surface area contributed by atoms with Crippen LogP contribution < -0.4 is 0 Å². The molecule has 12 nitrogen and oxygen atoms in total. The van der Waals surface area contributed by atoms with Gasteiger partial charge in [0.25, 0.3) is 5.24 Å². The van der Waals surface area contributed by atoms with Crippen LogP contribution in [0.2, 0.25) is 0 Å². The number of esters is 3.